The Bertz CT molecular complexity index is 1180. The van der Waals surface area contributed by atoms with Gasteiger partial charge in [-0.05, 0) is 74.4 Å². The smallest absolute Gasteiger partial charge is 0.326 e. The Morgan fingerprint density at radius 1 is 1.09 bits per heavy atom. The van der Waals surface area contributed by atoms with Crippen molar-refractivity contribution < 1.29 is 14.3 Å². The lowest BCUT2D eigenvalue weighted by Crippen LogP contribution is -2.39. The van der Waals surface area contributed by atoms with Crippen molar-refractivity contribution in [3.63, 3.8) is 0 Å². The van der Waals surface area contributed by atoms with Gasteiger partial charge < -0.3 is 15.4 Å². The predicted octanol–water partition coefficient (Wildman–Crippen LogP) is 5.17. The minimum atomic E-state index is -0.206. The molecule has 7 nitrogen and oxygen atoms in total. The van der Waals surface area contributed by atoms with Crippen molar-refractivity contribution in [2.24, 2.45) is 0 Å². The monoisotopic (exact) mass is 476 g/mol. The fourth-order valence-electron chi connectivity index (χ4n) is 3.82. The molecule has 0 aliphatic carbocycles. The quantitative estimate of drug-likeness (QED) is 0.513. The molecule has 4 rings (SSSR count). The molecule has 0 unspecified atom stereocenters. The molecular formula is C26H28N4O3S. The summed E-state index contributed by atoms with van der Waals surface area (Å²) in [5, 5.41) is 6.74. The maximum Gasteiger partial charge on any atom is 0.326 e. The van der Waals surface area contributed by atoms with Gasteiger partial charge in [0.05, 0.1) is 12.3 Å². The van der Waals surface area contributed by atoms with Crippen molar-refractivity contribution in [2.45, 2.75) is 32.3 Å². The number of fused-ring (bicyclic) bond motifs is 1. The van der Waals surface area contributed by atoms with Crippen LogP contribution < -0.4 is 20.3 Å². The van der Waals surface area contributed by atoms with E-state index in [0.29, 0.717) is 30.9 Å². The zero-order chi connectivity index (χ0) is 24.1. The summed E-state index contributed by atoms with van der Waals surface area (Å²) in [6, 6.07) is 16.3. The highest BCUT2D eigenvalue weighted by atomic mass is 32.2. The van der Waals surface area contributed by atoms with Gasteiger partial charge in [0.1, 0.15) is 10.8 Å². The Morgan fingerprint density at radius 2 is 1.82 bits per heavy atom. The summed E-state index contributed by atoms with van der Waals surface area (Å²) in [7, 11) is 0. The summed E-state index contributed by atoms with van der Waals surface area (Å²) in [6.45, 7) is 7.55. The number of nitrogens with one attached hydrogen (secondary N) is 2. The van der Waals surface area contributed by atoms with Gasteiger partial charge in [0, 0.05) is 35.8 Å². The number of benzene rings is 2. The fourth-order valence-corrected chi connectivity index (χ4v) is 4.91. The fraction of sp³-hybridized carbons (Fsp3) is 0.269. The van der Waals surface area contributed by atoms with Crippen LogP contribution in [0.2, 0.25) is 0 Å². The highest BCUT2D eigenvalue weighted by Crippen LogP contribution is 2.36. The molecular weight excluding hydrogens is 448 g/mol. The van der Waals surface area contributed by atoms with E-state index in [0.717, 1.165) is 39.0 Å². The second-order valence-corrected chi connectivity index (χ2v) is 9.09. The number of thioether (sulfide) groups is 1. The second kappa shape index (κ2) is 10.6. The summed E-state index contributed by atoms with van der Waals surface area (Å²) < 4.78 is 5.44. The first-order valence-electron chi connectivity index (χ1n) is 11.2. The minimum absolute atomic E-state index is 0.175. The molecule has 0 radical (unpaired) electrons. The van der Waals surface area contributed by atoms with Crippen molar-refractivity contribution >= 4 is 35.1 Å². The molecule has 2 N–H and O–H groups in total. The van der Waals surface area contributed by atoms with E-state index in [9.17, 15) is 9.59 Å². The topological polar surface area (TPSA) is 83.6 Å². The van der Waals surface area contributed by atoms with Crippen molar-refractivity contribution in [1.29, 1.82) is 0 Å². The molecule has 0 saturated carbocycles. The minimum Gasteiger partial charge on any atom is -0.494 e. The second-order valence-electron chi connectivity index (χ2n) is 8.00. The van der Waals surface area contributed by atoms with E-state index in [2.05, 4.69) is 15.6 Å². The zero-order valence-electron chi connectivity index (χ0n) is 19.6. The Kier molecular flexibility index (Phi) is 7.37. The van der Waals surface area contributed by atoms with E-state index in [1.807, 2.05) is 51.1 Å². The van der Waals surface area contributed by atoms with Crippen molar-refractivity contribution in [3.05, 3.63) is 77.0 Å². The Morgan fingerprint density at radius 3 is 2.53 bits per heavy atom. The number of carbonyl (C=O) groups is 2. The summed E-state index contributed by atoms with van der Waals surface area (Å²) in [5.74, 6) is 1.43. The number of aryl methyl sites for hydroxylation is 2. The molecule has 2 aromatic carbocycles. The number of hydrogen-bond donors (Lipinski definition) is 2. The first kappa shape index (κ1) is 23.6. The third-order valence-corrected chi connectivity index (χ3v) is 6.38. The average Bonchev–Trinajstić information content (AvgIpc) is 2.83. The number of amides is 3. The molecule has 176 valence electrons. The molecule has 8 heteroatoms. The largest absolute Gasteiger partial charge is 0.494 e. The molecule has 1 aliphatic rings. The van der Waals surface area contributed by atoms with Crippen LogP contribution in [-0.2, 0) is 6.54 Å². The van der Waals surface area contributed by atoms with Gasteiger partial charge in [0.2, 0.25) is 0 Å². The van der Waals surface area contributed by atoms with Crippen LogP contribution in [0.5, 0.6) is 5.75 Å². The van der Waals surface area contributed by atoms with E-state index in [1.165, 1.54) is 0 Å². The van der Waals surface area contributed by atoms with Gasteiger partial charge in [0.15, 0.2) is 0 Å². The summed E-state index contributed by atoms with van der Waals surface area (Å²) in [4.78, 5) is 31.9. The lowest BCUT2D eigenvalue weighted by atomic mass is 10.1. The van der Waals surface area contributed by atoms with Gasteiger partial charge in [0.25, 0.3) is 5.91 Å². The third kappa shape index (κ3) is 5.51. The standard InChI is InChI=1S/C26H28N4O3S/c1-4-33-22-11-5-19(6-12-22)16-27-24(31)20-7-9-21(10-8-20)29-26(32)30-13-14-34-25-23(30)17(2)15-18(3)28-25/h5-12,15H,4,13-14,16H2,1-3H3,(H,27,31)(H,29,32). The van der Waals surface area contributed by atoms with Crippen LogP contribution in [0.4, 0.5) is 16.2 Å². The van der Waals surface area contributed by atoms with Crippen LogP contribution in [-0.4, -0.2) is 35.8 Å². The molecule has 0 spiro atoms. The van der Waals surface area contributed by atoms with Crippen LogP contribution >= 0.6 is 11.8 Å². The number of pyridine rings is 1. The van der Waals surface area contributed by atoms with Crippen LogP contribution in [0.25, 0.3) is 0 Å². The number of nitrogens with zero attached hydrogens (tertiary/aromatic N) is 2. The van der Waals surface area contributed by atoms with Crippen molar-refractivity contribution in [2.75, 3.05) is 29.1 Å². The molecule has 0 bridgehead atoms. The number of ether oxygens (including phenoxy) is 1. The van der Waals surface area contributed by atoms with Gasteiger partial charge in [-0.3, -0.25) is 9.69 Å². The van der Waals surface area contributed by atoms with E-state index in [-0.39, 0.29) is 11.9 Å². The molecule has 0 saturated heterocycles. The Balaban J connectivity index is 1.36. The highest BCUT2D eigenvalue weighted by molar-refractivity contribution is 7.99. The first-order chi connectivity index (χ1) is 16.4. The van der Waals surface area contributed by atoms with Gasteiger partial charge >= 0.3 is 6.03 Å². The van der Waals surface area contributed by atoms with E-state index >= 15 is 0 Å². The maximum atomic E-state index is 13.0. The number of hydrogen-bond acceptors (Lipinski definition) is 5. The van der Waals surface area contributed by atoms with Crippen LogP contribution in [0, 0.1) is 13.8 Å². The Labute approximate surface area is 203 Å². The molecule has 3 aromatic rings. The molecule has 2 heterocycles. The van der Waals surface area contributed by atoms with Gasteiger partial charge in [-0.1, -0.05) is 12.1 Å². The van der Waals surface area contributed by atoms with Gasteiger partial charge in [-0.2, -0.15) is 0 Å². The summed E-state index contributed by atoms with van der Waals surface area (Å²) in [5.41, 5.74) is 4.99. The summed E-state index contributed by atoms with van der Waals surface area (Å²) >= 11 is 1.67. The van der Waals surface area contributed by atoms with E-state index < -0.39 is 0 Å². The molecule has 0 atom stereocenters. The van der Waals surface area contributed by atoms with Crippen molar-refractivity contribution in [1.82, 2.24) is 10.3 Å². The normalized spacial score (nSPS) is 12.6. The number of rotatable bonds is 6. The number of urea groups is 1. The predicted molar refractivity (Wildman–Crippen MR) is 136 cm³/mol. The number of carbonyl (C=O) groups excluding carboxylic acids is 2. The number of aromatic nitrogens is 1. The molecule has 34 heavy (non-hydrogen) atoms. The van der Waals surface area contributed by atoms with Crippen LogP contribution in [0.1, 0.15) is 34.1 Å². The molecule has 1 aromatic heterocycles. The zero-order valence-corrected chi connectivity index (χ0v) is 20.4. The van der Waals surface area contributed by atoms with Gasteiger partial charge in [-0.15, -0.1) is 11.8 Å². The molecule has 1 aliphatic heterocycles. The summed E-state index contributed by atoms with van der Waals surface area (Å²) in [6.07, 6.45) is 0. The van der Waals surface area contributed by atoms with E-state index in [4.69, 9.17) is 4.74 Å². The van der Waals surface area contributed by atoms with Crippen LogP contribution in [0.15, 0.2) is 59.6 Å². The van der Waals surface area contributed by atoms with E-state index in [1.54, 1.807) is 40.9 Å². The van der Waals surface area contributed by atoms with Gasteiger partial charge in [-0.25, -0.2) is 9.78 Å². The number of anilines is 2. The van der Waals surface area contributed by atoms with Crippen molar-refractivity contribution in [3.8, 4) is 5.75 Å². The third-order valence-electron chi connectivity index (χ3n) is 5.43. The SMILES string of the molecule is CCOc1ccc(CNC(=O)c2ccc(NC(=O)N3CCSc4nc(C)cc(C)c43)cc2)cc1. The first-order valence-corrected chi connectivity index (χ1v) is 12.2. The lowest BCUT2D eigenvalue weighted by Gasteiger charge is -2.30. The maximum absolute atomic E-state index is 13.0. The highest BCUT2D eigenvalue weighted by Gasteiger charge is 2.26. The molecule has 3 amide bonds. The molecule has 0 fully saturated rings. The van der Waals surface area contributed by atoms with Crippen LogP contribution in [0.3, 0.4) is 0 Å². The lowest BCUT2D eigenvalue weighted by molar-refractivity contribution is 0.0951. The average molecular weight is 477 g/mol. The Hall–Kier alpha value is -3.52.